The molecule has 5 rings (SSSR count). The Labute approximate surface area is 169 Å². The number of urea groups is 1. The summed E-state index contributed by atoms with van der Waals surface area (Å²) in [5, 5.41) is 3.13. The third-order valence-electron chi connectivity index (χ3n) is 5.49. The largest absolute Gasteiger partial charge is 0.340 e. The van der Waals surface area contributed by atoms with E-state index in [1.165, 1.54) is 0 Å². The lowest BCUT2D eigenvalue weighted by atomic mass is 10.0. The minimum Gasteiger partial charge on any atom is -0.340 e. The maximum absolute atomic E-state index is 13.2. The summed E-state index contributed by atoms with van der Waals surface area (Å²) >= 11 is 0. The number of anilines is 1. The van der Waals surface area contributed by atoms with Crippen LogP contribution in [0.1, 0.15) is 24.7 Å². The first kappa shape index (κ1) is 17.5. The third-order valence-corrected chi connectivity index (χ3v) is 5.49. The van der Waals surface area contributed by atoms with Crippen LogP contribution in [0.5, 0.6) is 0 Å². The minimum absolute atomic E-state index is 0.0358. The molecule has 0 unspecified atom stereocenters. The van der Waals surface area contributed by atoms with E-state index in [2.05, 4.69) is 22.4 Å². The van der Waals surface area contributed by atoms with Gasteiger partial charge in [-0.25, -0.2) is 9.78 Å². The van der Waals surface area contributed by atoms with Crippen molar-refractivity contribution in [2.45, 2.75) is 18.9 Å². The summed E-state index contributed by atoms with van der Waals surface area (Å²) in [6.07, 6.45) is 1.88. The average Bonchev–Trinajstić information content (AvgIpc) is 3.41. The maximum Gasteiger partial charge on any atom is 0.322 e. The number of nitrogens with zero attached hydrogens (tertiary/aromatic N) is 2. The number of carbonyl (C=O) groups excluding carboxylic acids is 1. The fourth-order valence-electron chi connectivity index (χ4n) is 4.07. The van der Waals surface area contributed by atoms with E-state index in [-0.39, 0.29) is 12.1 Å². The third kappa shape index (κ3) is 3.36. The number of hydrogen-bond donors (Lipinski definition) is 2. The number of benzene rings is 3. The van der Waals surface area contributed by atoms with E-state index in [9.17, 15) is 4.79 Å². The number of fused-ring (bicyclic) bond motifs is 1. The van der Waals surface area contributed by atoms with E-state index in [1.54, 1.807) is 0 Å². The normalized spacial score (nSPS) is 16.3. The molecule has 2 heterocycles. The molecular weight excluding hydrogens is 360 g/mol. The number of carbonyl (C=O) groups is 1. The molecule has 1 aromatic heterocycles. The number of H-pyrrole nitrogens is 1. The molecule has 2 amide bonds. The van der Waals surface area contributed by atoms with Crippen LogP contribution in [0, 0.1) is 0 Å². The zero-order valence-corrected chi connectivity index (χ0v) is 16.0. The van der Waals surface area contributed by atoms with E-state index < -0.39 is 0 Å². The first-order valence-corrected chi connectivity index (χ1v) is 9.96. The summed E-state index contributed by atoms with van der Waals surface area (Å²) in [7, 11) is 0. The van der Waals surface area contributed by atoms with Gasteiger partial charge in [-0.1, -0.05) is 60.7 Å². The van der Waals surface area contributed by atoms with E-state index in [0.29, 0.717) is 0 Å². The zero-order valence-electron chi connectivity index (χ0n) is 16.0. The molecule has 2 N–H and O–H groups in total. The molecule has 0 bridgehead atoms. The highest BCUT2D eigenvalue weighted by molar-refractivity contribution is 5.94. The fourth-order valence-corrected chi connectivity index (χ4v) is 4.07. The Bertz CT molecular complexity index is 1120. The zero-order chi connectivity index (χ0) is 19.6. The highest BCUT2D eigenvalue weighted by Gasteiger charge is 2.32. The van der Waals surface area contributed by atoms with Crippen LogP contribution in [-0.4, -0.2) is 27.4 Å². The average molecular weight is 382 g/mol. The van der Waals surface area contributed by atoms with Crippen molar-refractivity contribution in [3.63, 3.8) is 0 Å². The molecule has 4 aromatic rings. The maximum atomic E-state index is 13.2. The van der Waals surface area contributed by atoms with Gasteiger partial charge in [0, 0.05) is 12.1 Å². The second-order valence-electron chi connectivity index (χ2n) is 7.33. The number of aromatic nitrogens is 2. The monoisotopic (exact) mass is 382 g/mol. The van der Waals surface area contributed by atoms with Crippen molar-refractivity contribution >= 4 is 22.8 Å². The minimum atomic E-state index is -0.0867. The van der Waals surface area contributed by atoms with Crippen molar-refractivity contribution in [3.8, 4) is 11.1 Å². The van der Waals surface area contributed by atoms with Crippen LogP contribution in [0.3, 0.4) is 0 Å². The number of aromatic amines is 1. The molecule has 0 aliphatic carbocycles. The lowest BCUT2D eigenvalue weighted by Crippen LogP contribution is -2.35. The summed E-state index contributed by atoms with van der Waals surface area (Å²) in [6.45, 7) is 0.723. The number of hydrogen-bond acceptors (Lipinski definition) is 2. The quantitative estimate of drug-likeness (QED) is 0.484. The fraction of sp³-hybridized carbons (Fsp3) is 0.167. The second-order valence-corrected chi connectivity index (χ2v) is 7.33. The van der Waals surface area contributed by atoms with Gasteiger partial charge in [0.2, 0.25) is 0 Å². The molecule has 1 saturated heterocycles. The number of imidazole rings is 1. The van der Waals surface area contributed by atoms with E-state index in [1.807, 2.05) is 71.6 Å². The topological polar surface area (TPSA) is 61.0 Å². The molecule has 1 atom stereocenters. The summed E-state index contributed by atoms with van der Waals surface area (Å²) in [6, 6.07) is 25.9. The van der Waals surface area contributed by atoms with Crippen molar-refractivity contribution in [3.05, 3.63) is 84.7 Å². The van der Waals surface area contributed by atoms with Crippen LogP contribution in [0.25, 0.3) is 22.2 Å². The number of nitrogens with one attached hydrogen (secondary N) is 2. The molecule has 0 spiro atoms. The van der Waals surface area contributed by atoms with E-state index >= 15 is 0 Å². The van der Waals surface area contributed by atoms with Gasteiger partial charge in [-0.05, 0) is 36.6 Å². The lowest BCUT2D eigenvalue weighted by Gasteiger charge is -2.24. The van der Waals surface area contributed by atoms with Gasteiger partial charge in [-0.2, -0.15) is 0 Å². The van der Waals surface area contributed by atoms with Gasteiger partial charge in [-0.3, -0.25) is 0 Å². The standard InChI is InChI=1S/C24H22N4O/c29-24(27-19-12-5-4-11-18(19)17-9-2-1-3-10-17)28-16-8-15-22(28)23-25-20-13-6-7-14-21(20)26-23/h1-7,9-14,22H,8,15-16H2,(H,25,26)(H,27,29)/t22-/m0/s1. The van der Waals surface area contributed by atoms with E-state index in [0.717, 1.165) is 53.1 Å². The molecule has 29 heavy (non-hydrogen) atoms. The van der Waals surface area contributed by atoms with Gasteiger partial charge < -0.3 is 15.2 Å². The SMILES string of the molecule is O=C(Nc1ccccc1-c1ccccc1)N1CCC[C@H]1c1nc2ccccc2[nH]1. The second kappa shape index (κ2) is 7.43. The van der Waals surface area contributed by atoms with E-state index in [4.69, 9.17) is 4.98 Å². The van der Waals surface area contributed by atoms with Crippen molar-refractivity contribution in [1.29, 1.82) is 0 Å². The van der Waals surface area contributed by atoms with Crippen molar-refractivity contribution in [2.24, 2.45) is 0 Å². The molecule has 1 fully saturated rings. The summed E-state index contributed by atoms with van der Waals surface area (Å²) in [4.78, 5) is 23.2. The molecular formula is C24H22N4O. The van der Waals surface area contributed by atoms with Crippen LogP contribution in [0.15, 0.2) is 78.9 Å². The predicted octanol–water partition coefficient (Wildman–Crippen LogP) is 5.60. The lowest BCUT2D eigenvalue weighted by molar-refractivity contribution is 0.205. The Morgan fingerprint density at radius 1 is 0.966 bits per heavy atom. The number of para-hydroxylation sites is 3. The van der Waals surface area contributed by atoms with Crippen molar-refractivity contribution in [2.75, 3.05) is 11.9 Å². The molecule has 144 valence electrons. The van der Waals surface area contributed by atoms with Gasteiger partial charge >= 0.3 is 6.03 Å². The van der Waals surface area contributed by atoms with Crippen LogP contribution >= 0.6 is 0 Å². The predicted molar refractivity (Wildman–Crippen MR) is 116 cm³/mol. The van der Waals surface area contributed by atoms with Gasteiger partial charge in [0.05, 0.1) is 22.8 Å². The van der Waals surface area contributed by atoms with Gasteiger partial charge in [-0.15, -0.1) is 0 Å². The molecule has 1 aliphatic heterocycles. The van der Waals surface area contributed by atoms with Gasteiger partial charge in [0.15, 0.2) is 0 Å². The van der Waals surface area contributed by atoms with Crippen molar-refractivity contribution in [1.82, 2.24) is 14.9 Å². The van der Waals surface area contributed by atoms with Crippen molar-refractivity contribution < 1.29 is 4.79 Å². The summed E-state index contributed by atoms with van der Waals surface area (Å²) in [5.74, 6) is 0.857. The molecule has 0 saturated carbocycles. The molecule has 5 nitrogen and oxygen atoms in total. The molecule has 3 aromatic carbocycles. The molecule has 1 aliphatic rings. The first-order chi connectivity index (χ1) is 14.3. The Morgan fingerprint density at radius 3 is 2.59 bits per heavy atom. The Hall–Kier alpha value is -3.60. The summed E-state index contributed by atoms with van der Waals surface area (Å²) in [5.41, 5.74) is 4.85. The first-order valence-electron chi connectivity index (χ1n) is 9.96. The summed E-state index contributed by atoms with van der Waals surface area (Å²) < 4.78 is 0. The Balaban J connectivity index is 1.41. The smallest absolute Gasteiger partial charge is 0.322 e. The van der Waals surface area contributed by atoms with Crippen LogP contribution in [-0.2, 0) is 0 Å². The van der Waals surface area contributed by atoms with Crippen LogP contribution in [0.2, 0.25) is 0 Å². The number of rotatable bonds is 3. The molecule has 0 radical (unpaired) electrons. The van der Waals surface area contributed by atoms with Gasteiger partial charge in [0.1, 0.15) is 5.82 Å². The molecule has 5 heteroatoms. The van der Waals surface area contributed by atoms with Crippen LogP contribution < -0.4 is 5.32 Å². The number of likely N-dealkylation sites (tertiary alicyclic amines) is 1. The number of amides is 2. The highest BCUT2D eigenvalue weighted by atomic mass is 16.2. The Morgan fingerprint density at radius 2 is 1.72 bits per heavy atom. The Kier molecular flexibility index (Phi) is 4.48. The van der Waals surface area contributed by atoms with Crippen LogP contribution in [0.4, 0.5) is 10.5 Å². The van der Waals surface area contributed by atoms with Gasteiger partial charge in [0.25, 0.3) is 0 Å². The highest BCUT2D eigenvalue weighted by Crippen LogP contribution is 2.33.